The third-order valence-corrected chi connectivity index (χ3v) is 7.56. The van der Waals surface area contributed by atoms with Crippen LogP contribution in [-0.4, -0.2) is 66.4 Å². The molecular formula is C22H27N5O5S. The van der Waals surface area contributed by atoms with E-state index in [0.29, 0.717) is 30.3 Å². The van der Waals surface area contributed by atoms with Gasteiger partial charge in [0.2, 0.25) is 10.0 Å². The lowest BCUT2D eigenvalue weighted by Gasteiger charge is -2.26. The highest BCUT2D eigenvalue weighted by Crippen LogP contribution is 2.30. The number of ether oxygens (including phenoxy) is 2. The van der Waals surface area contributed by atoms with E-state index in [1.54, 1.807) is 11.7 Å². The highest BCUT2D eigenvalue weighted by atomic mass is 32.2. The fraction of sp³-hybridized carbons (Fsp3) is 0.364. The van der Waals surface area contributed by atoms with Crippen molar-refractivity contribution in [3.63, 3.8) is 0 Å². The smallest absolute Gasteiger partial charge is 0.261 e. The number of amides is 1. The molecule has 176 valence electrons. The second-order valence-corrected chi connectivity index (χ2v) is 9.73. The summed E-state index contributed by atoms with van der Waals surface area (Å²) in [6.45, 7) is 5.16. The van der Waals surface area contributed by atoms with E-state index in [-0.39, 0.29) is 23.7 Å². The Hall–Kier alpha value is -3.15. The molecule has 0 aliphatic carbocycles. The van der Waals surface area contributed by atoms with Gasteiger partial charge in [0, 0.05) is 31.5 Å². The van der Waals surface area contributed by atoms with Crippen LogP contribution < -0.4 is 10.1 Å². The van der Waals surface area contributed by atoms with Gasteiger partial charge in [-0.05, 0) is 44.2 Å². The number of anilines is 1. The number of rotatable bonds is 6. The maximum Gasteiger partial charge on any atom is 0.261 e. The van der Waals surface area contributed by atoms with Crippen LogP contribution in [0.4, 0.5) is 5.69 Å². The number of hydrogen-bond donors (Lipinski definition) is 1. The van der Waals surface area contributed by atoms with E-state index < -0.39 is 15.9 Å². The number of carbonyl (C=O) groups excluding carboxylic acids is 1. The van der Waals surface area contributed by atoms with E-state index in [9.17, 15) is 13.2 Å². The monoisotopic (exact) mass is 473 g/mol. The molecule has 1 saturated heterocycles. The summed E-state index contributed by atoms with van der Waals surface area (Å²) >= 11 is 0. The van der Waals surface area contributed by atoms with Crippen LogP contribution in [0.25, 0.3) is 5.82 Å². The van der Waals surface area contributed by atoms with Gasteiger partial charge in [-0.25, -0.2) is 8.42 Å². The van der Waals surface area contributed by atoms with Crippen molar-refractivity contribution in [2.24, 2.45) is 7.05 Å². The molecule has 0 bridgehead atoms. The molecular weight excluding hydrogens is 446 g/mol. The van der Waals surface area contributed by atoms with E-state index in [1.165, 1.54) is 35.8 Å². The van der Waals surface area contributed by atoms with Crippen molar-refractivity contribution >= 4 is 21.6 Å². The first-order valence-electron chi connectivity index (χ1n) is 10.5. The highest BCUT2D eigenvalue weighted by molar-refractivity contribution is 7.89. The summed E-state index contributed by atoms with van der Waals surface area (Å²) in [6.07, 6.45) is 1.49. The van der Waals surface area contributed by atoms with Crippen LogP contribution in [0.3, 0.4) is 0 Å². The minimum absolute atomic E-state index is 0.0732. The van der Waals surface area contributed by atoms with Crippen molar-refractivity contribution in [3.8, 4) is 11.6 Å². The second kappa shape index (κ2) is 9.00. The summed E-state index contributed by atoms with van der Waals surface area (Å²) in [6, 6.07) is 8.36. The molecule has 0 spiro atoms. The first kappa shape index (κ1) is 23.0. The Bertz CT molecular complexity index is 1270. The average Bonchev–Trinajstić information content (AvgIpc) is 3.34. The van der Waals surface area contributed by atoms with Crippen LogP contribution in [0.15, 0.2) is 41.4 Å². The molecule has 11 heteroatoms. The summed E-state index contributed by atoms with van der Waals surface area (Å²) in [5.74, 6) is 0.538. The molecule has 1 amide bonds. The van der Waals surface area contributed by atoms with E-state index in [2.05, 4.69) is 10.4 Å². The van der Waals surface area contributed by atoms with Gasteiger partial charge in [-0.1, -0.05) is 0 Å². The first-order chi connectivity index (χ1) is 15.7. The lowest BCUT2D eigenvalue weighted by molar-refractivity contribution is 0.0730. The number of morpholine rings is 1. The molecule has 3 aromatic rings. The van der Waals surface area contributed by atoms with Crippen LogP contribution in [0, 0.1) is 13.8 Å². The predicted octanol–water partition coefficient (Wildman–Crippen LogP) is 2.11. The Balaban J connectivity index is 1.69. The zero-order chi connectivity index (χ0) is 23.8. The second-order valence-electron chi connectivity index (χ2n) is 7.79. The topological polar surface area (TPSA) is 108 Å². The summed E-state index contributed by atoms with van der Waals surface area (Å²) in [5.41, 5.74) is 2.53. The van der Waals surface area contributed by atoms with Crippen molar-refractivity contribution in [1.82, 2.24) is 18.7 Å². The number of hydrogen-bond acceptors (Lipinski definition) is 6. The molecule has 1 N–H and O–H groups in total. The molecule has 3 heterocycles. The van der Waals surface area contributed by atoms with Gasteiger partial charge < -0.3 is 19.4 Å². The average molecular weight is 474 g/mol. The maximum atomic E-state index is 13.3. The molecule has 0 radical (unpaired) electrons. The third-order valence-electron chi connectivity index (χ3n) is 5.66. The van der Waals surface area contributed by atoms with Crippen molar-refractivity contribution in [2.75, 3.05) is 38.7 Å². The van der Waals surface area contributed by atoms with Gasteiger partial charge in [0.05, 0.1) is 37.1 Å². The largest absolute Gasteiger partial charge is 0.495 e. The van der Waals surface area contributed by atoms with Crippen molar-refractivity contribution < 1.29 is 22.7 Å². The molecule has 0 atom stereocenters. The van der Waals surface area contributed by atoms with Gasteiger partial charge in [0.25, 0.3) is 5.91 Å². The van der Waals surface area contributed by atoms with Crippen LogP contribution >= 0.6 is 0 Å². The van der Waals surface area contributed by atoms with Crippen LogP contribution in [-0.2, 0) is 21.8 Å². The minimum Gasteiger partial charge on any atom is -0.495 e. The Morgan fingerprint density at radius 2 is 1.79 bits per heavy atom. The Labute approximate surface area is 192 Å². The molecule has 1 aliphatic rings. The number of sulfonamides is 1. The van der Waals surface area contributed by atoms with Crippen LogP contribution in [0.5, 0.6) is 5.75 Å². The van der Waals surface area contributed by atoms with Crippen LogP contribution in [0.1, 0.15) is 21.7 Å². The molecule has 4 rings (SSSR count). The molecule has 2 aromatic heterocycles. The van der Waals surface area contributed by atoms with Gasteiger partial charge in [0.1, 0.15) is 17.1 Å². The number of nitrogens with zero attached hydrogens (tertiary/aromatic N) is 4. The number of aromatic nitrogens is 3. The lowest BCUT2D eigenvalue weighted by atomic mass is 10.2. The van der Waals surface area contributed by atoms with Crippen molar-refractivity contribution in [3.05, 3.63) is 53.5 Å². The van der Waals surface area contributed by atoms with Crippen molar-refractivity contribution in [2.45, 2.75) is 18.7 Å². The Morgan fingerprint density at radius 3 is 2.42 bits per heavy atom. The zero-order valence-electron chi connectivity index (χ0n) is 19.0. The SMILES string of the molecule is COc1ccc(S(=O)(=O)N2CCOCC2)cc1NC(=O)c1cnn(C)c1-n1c(C)ccc1C. The molecule has 33 heavy (non-hydrogen) atoms. The van der Waals surface area contributed by atoms with Gasteiger partial charge in [0.15, 0.2) is 0 Å². The molecule has 0 unspecified atom stereocenters. The van der Waals surface area contributed by atoms with E-state index in [4.69, 9.17) is 9.47 Å². The highest BCUT2D eigenvalue weighted by Gasteiger charge is 2.28. The number of benzene rings is 1. The zero-order valence-corrected chi connectivity index (χ0v) is 19.8. The lowest BCUT2D eigenvalue weighted by Crippen LogP contribution is -2.40. The minimum atomic E-state index is -3.73. The summed E-state index contributed by atoms with van der Waals surface area (Å²) in [4.78, 5) is 13.4. The third kappa shape index (κ3) is 4.26. The van der Waals surface area contributed by atoms with Gasteiger partial charge in [-0.2, -0.15) is 9.40 Å². The normalized spacial score (nSPS) is 14.9. The fourth-order valence-electron chi connectivity index (χ4n) is 3.93. The van der Waals surface area contributed by atoms with E-state index >= 15 is 0 Å². The first-order valence-corrected chi connectivity index (χ1v) is 11.9. The molecule has 1 fully saturated rings. The van der Waals surface area contributed by atoms with Gasteiger partial charge in [-0.3, -0.25) is 9.48 Å². The summed E-state index contributed by atoms with van der Waals surface area (Å²) in [5, 5.41) is 7.08. The number of aryl methyl sites for hydroxylation is 3. The molecule has 0 saturated carbocycles. The fourth-order valence-corrected chi connectivity index (χ4v) is 5.36. The van der Waals surface area contributed by atoms with Gasteiger partial charge in [-0.15, -0.1) is 0 Å². The quantitative estimate of drug-likeness (QED) is 0.588. The Kier molecular flexibility index (Phi) is 6.28. The Morgan fingerprint density at radius 1 is 1.12 bits per heavy atom. The molecule has 1 aromatic carbocycles. The van der Waals surface area contributed by atoms with Crippen LogP contribution in [0.2, 0.25) is 0 Å². The standard InChI is InChI=1S/C22H27N5O5S/c1-15-5-6-16(2)27(15)22-18(14-23-25(22)3)21(28)24-19-13-17(7-8-20(19)31-4)33(29,30)26-9-11-32-12-10-26/h5-8,13-14H,9-12H2,1-4H3,(H,24,28). The van der Waals surface area contributed by atoms with E-state index in [1.807, 2.05) is 30.5 Å². The number of nitrogens with one attached hydrogen (secondary N) is 1. The number of methoxy groups -OCH3 is 1. The van der Waals surface area contributed by atoms with Gasteiger partial charge >= 0.3 is 0 Å². The van der Waals surface area contributed by atoms with Crippen molar-refractivity contribution in [1.29, 1.82) is 0 Å². The summed E-state index contributed by atoms with van der Waals surface area (Å²) in [7, 11) is -0.508. The van der Waals surface area contributed by atoms with E-state index in [0.717, 1.165) is 11.4 Å². The molecule has 10 nitrogen and oxygen atoms in total. The molecule has 1 aliphatic heterocycles. The summed E-state index contributed by atoms with van der Waals surface area (Å²) < 4.78 is 41.7. The maximum absolute atomic E-state index is 13.3. The predicted molar refractivity (Wildman–Crippen MR) is 123 cm³/mol. The number of carbonyl (C=O) groups is 1.